The average Bonchev–Trinajstić information content (AvgIpc) is 2.81. The number of rotatable bonds is 8. The Labute approximate surface area is 197 Å². The first kappa shape index (κ1) is 25.6. The Kier molecular flexibility index (Phi) is 7.93. The minimum absolute atomic E-state index is 0.0574. The Morgan fingerprint density at radius 3 is 2.53 bits per heavy atom. The number of sulfonamides is 1. The van der Waals surface area contributed by atoms with Crippen molar-refractivity contribution in [3.8, 4) is 0 Å². The fourth-order valence-corrected chi connectivity index (χ4v) is 5.66. The van der Waals surface area contributed by atoms with Crippen molar-refractivity contribution in [2.75, 3.05) is 30.3 Å². The maximum Gasteiger partial charge on any atom is 0.330 e. The molecule has 2 heterocycles. The molecule has 0 aliphatic carbocycles. The molecule has 1 amide bonds. The molecule has 12 heteroatoms. The number of halogens is 1. The summed E-state index contributed by atoms with van der Waals surface area (Å²) in [4.78, 5) is 41.7. The van der Waals surface area contributed by atoms with E-state index in [0.29, 0.717) is 25.8 Å². The van der Waals surface area contributed by atoms with Gasteiger partial charge in [-0.15, -0.1) is 0 Å². The number of aromatic amines is 1. The van der Waals surface area contributed by atoms with Gasteiger partial charge in [0.05, 0.1) is 10.8 Å². The first-order valence-electron chi connectivity index (χ1n) is 11.3. The minimum Gasteiger partial charge on any atom is -0.383 e. The van der Waals surface area contributed by atoms with E-state index in [2.05, 4.69) is 4.98 Å². The highest BCUT2D eigenvalue weighted by Gasteiger charge is 2.36. The van der Waals surface area contributed by atoms with E-state index in [0.717, 1.165) is 18.6 Å². The molecule has 1 saturated heterocycles. The van der Waals surface area contributed by atoms with E-state index >= 15 is 0 Å². The van der Waals surface area contributed by atoms with E-state index in [1.165, 1.54) is 25.9 Å². The third-order valence-electron chi connectivity index (χ3n) is 5.99. The van der Waals surface area contributed by atoms with Crippen molar-refractivity contribution in [3.63, 3.8) is 0 Å². The predicted octanol–water partition coefficient (Wildman–Crippen LogP) is 1.51. The molecule has 1 fully saturated rings. The van der Waals surface area contributed by atoms with Crippen molar-refractivity contribution in [3.05, 3.63) is 50.9 Å². The lowest BCUT2D eigenvalue weighted by Crippen LogP contribution is -2.48. The van der Waals surface area contributed by atoms with Crippen molar-refractivity contribution in [1.82, 2.24) is 13.9 Å². The number of hydrogen-bond donors (Lipinski definition) is 2. The number of nitrogens with zero attached hydrogens (tertiary/aromatic N) is 3. The number of carbonyl (C=O) groups is 1. The van der Waals surface area contributed by atoms with Gasteiger partial charge in [0.2, 0.25) is 15.9 Å². The van der Waals surface area contributed by atoms with Crippen LogP contribution in [0.2, 0.25) is 0 Å². The van der Waals surface area contributed by atoms with Crippen LogP contribution in [0.1, 0.15) is 39.5 Å². The molecule has 3 rings (SSSR count). The molecule has 0 bridgehead atoms. The van der Waals surface area contributed by atoms with Gasteiger partial charge in [0.25, 0.3) is 5.56 Å². The Balaban J connectivity index is 1.90. The van der Waals surface area contributed by atoms with Gasteiger partial charge < -0.3 is 10.6 Å². The number of anilines is 2. The number of nitrogens with one attached hydrogen (secondary N) is 1. The van der Waals surface area contributed by atoms with Crippen LogP contribution in [0.4, 0.5) is 15.9 Å². The molecule has 186 valence electrons. The lowest BCUT2D eigenvalue weighted by atomic mass is 9.98. The van der Waals surface area contributed by atoms with Crippen LogP contribution in [0.15, 0.2) is 38.8 Å². The summed E-state index contributed by atoms with van der Waals surface area (Å²) in [5, 5.41) is 0. The Hall–Kier alpha value is -2.99. The first-order chi connectivity index (χ1) is 16.1. The standard InChI is InChI=1S/C22H30FN5O5S/c1-3-5-13-28-19(24)18(20(29)25-22(28)31)27(4-2)21(30)15-7-6-12-26(14-15)34(32,33)17-10-8-16(23)9-11-17/h8-11,15H,3-7,12-14,24H2,1-2H3,(H,25,29,31)/t15-/m1/s1. The largest absolute Gasteiger partial charge is 0.383 e. The molecule has 1 aromatic heterocycles. The molecule has 1 aliphatic rings. The van der Waals surface area contributed by atoms with Gasteiger partial charge in [0, 0.05) is 26.2 Å². The highest BCUT2D eigenvalue weighted by Crippen LogP contribution is 2.27. The molecule has 0 saturated carbocycles. The SMILES string of the molecule is CCCCn1c(N)c(N(CC)C(=O)[C@@H]2CCCN(S(=O)(=O)c3ccc(F)cc3)C2)c(=O)[nH]c1=O. The number of piperidine rings is 1. The number of H-pyrrole nitrogens is 1. The predicted molar refractivity (Wildman–Crippen MR) is 127 cm³/mol. The summed E-state index contributed by atoms with van der Waals surface area (Å²) in [6.45, 7) is 4.17. The van der Waals surface area contributed by atoms with E-state index in [4.69, 9.17) is 5.73 Å². The number of hydrogen-bond acceptors (Lipinski definition) is 6. The van der Waals surface area contributed by atoms with E-state index < -0.39 is 38.9 Å². The molecule has 1 aromatic carbocycles. The number of unbranched alkanes of at least 4 members (excludes halogenated alkanes) is 1. The molecular weight excluding hydrogens is 465 g/mol. The summed E-state index contributed by atoms with van der Waals surface area (Å²) < 4.78 is 41.8. The lowest BCUT2D eigenvalue weighted by Gasteiger charge is -2.34. The van der Waals surface area contributed by atoms with Crippen molar-refractivity contribution >= 4 is 27.4 Å². The summed E-state index contributed by atoms with van der Waals surface area (Å²) in [6.07, 6.45) is 2.33. The van der Waals surface area contributed by atoms with Crippen LogP contribution >= 0.6 is 0 Å². The summed E-state index contributed by atoms with van der Waals surface area (Å²) in [5.41, 5.74) is 4.65. The zero-order valence-corrected chi connectivity index (χ0v) is 20.1. The van der Waals surface area contributed by atoms with Crippen LogP contribution in [0.3, 0.4) is 0 Å². The molecule has 0 radical (unpaired) electrons. The molecule has 3 N–H and O–H groups in total. The maximum absolute atomic E-state index is 13.5. The zero-order valence-electron chi connectivity index (χ0n) is 19.3. The van der Waals surface area contributed by atoms with Crippen LogP contribution in [0, 0.1) is 11.7 Å². The van der Waals surface area contributed by atoms with Gasteiger partial charge in [0.15, 0.2) is 5.69 Å². The number of nitrogen functional groups attached to an aromatic ring is 1. The van der Waals surface area contributed by atoms with Crippen LogP contribution in [-0.2, 0) is 21.4 Å². The summed E-state index contributed by atoms with van der Waals surface area (Å²) >= 11 is 0. The van der Waals surface area contributed by atoms with Crippen LogP contribution in [-0.4, -0.2) is 47.8 Å². The molecule has 34 heavy (non-hydrogen) atoms. The fraction of sp³-hybridized carbons (Fsp3) is 0.500. The van der Waals surface area contributed by atoms with E-state index in [1.807, 2.05) is 6.92 Å². The maximum atomic E-state index is 13.5. The van der Waals surface area contributed by atoms with Gasteiger partial charge in [-0.05, 0) is 50.5 Å². The fourth-order valence-electron chi connectivity index (χ4n) is 4.14. The van der Waals surface area contributed by atoms with Gasteiger partial charge >= 0.3 is 5.69 Å². The van der Waals surface area contributed by atoms with Gasteiger partial charge in [-0.25, -0.2) is 17.6 Å². The normalized spacial score (nSPS) is 17.0. The second-order valence-electron chi connectivity index (χ2n) is 8.24. The van der Waals surface area contributed by atoms with Gasteiger partial charge in [-0.3, -0.25) is 19.1 Å². The third kappa shape index (κ3) is 5.07. The monoisotopic (exact) mass is 495 g/mol. The van der Waals surface area contributed by atoms with Crippen molar-refractivity contribution in [2.45, 2.75) is 51.0 Å². The number of carbonyl (C=O) groups excluding carboxylic acids is 1. The molecule has 0 unspecified atom stereocenters. The van der Waals surface area contributed by atoms with Gasteiger partial charge in [-0.2, -0.15) is 4.31 Å². The quantitative estimate of drug-likeness (QED) is 0.569. The van der Waals surface area contributed by atoms with E-state index in [1.54, 1.807) is 6.92 Å². The zero-order chi connectivity index (χ0) is 25.0. The Bertz CT molecular complexity index is 1260. The van der Waals surface area contributed by atoms with Crippen molar-refractivity contribution in [1.29, 1.82) is 0 Å². The summed E-state index contributed by atoms with van der Waals surface area (Å²) in [6, 6.07) is 4.52. The second-order valence-corrected chi connectivity index (χ2v) is 10.2. The number of amides is 1. The third-order valence-corrected chi connectivity index (χ3v) is 7.87. The summed E-state index contributed by atoms with van der Waals surface area (Å²) in [5.74, 6) is -1.80. The van der Waals surface area contributed by atoms with E-state index in [9.17, 15) is 27.2 Å². The number of benzene rings is 1. The van der Waals surface area contributed by atoms with Crippen molar-refractivity contribution in [2.24, 2.45) is 5.92 Å². The average molecular weight is 496 g/mol. The lowest BCUT2D eigenvalue weighted by molar-refractivity contribution is -0.123. The number of nitrogens with two attached hydrogens (primary N) is 1. The molecule has 0 spiro atoms. The van der Waals surface area contributed by atoms with Gasteiger partial charge in [0.1, 0.15) is 11.6 Å². The smallest absolute Gasteiger partial charge is 0.330 e. The topological polar surface area (TPSA) is 139 Å². The molecule has 10 nitrogen and oxygen atoms in total. The number of aromatic nitrogens is 2. The summed E-state index contributed by atoms with van der Waals surface area (Å²) in [7, 11) is -3.92. The Morgan fingerprint density at radius 1 is 1.24 bits per heavy atom. The molecular formula is C22H30FN5O5S. The van der Waals surface area contributed by atoms with Crippen LogP contribution < -0.4 is 21.9 Å². The Morgan fingerprint density at radius 2 is 1.91 bits per heavy atom. The van der Waals surface area contributed by atoms with Crippen LogP contribution in [0.25, 0.3) is 0 Å². The molecule has 1 aliphatic heterocycles. The van der Waals surface area contributed by atoms with Gasteiger partial charge in [-0.1, -0.05) is 13.3 Å². The second kappa shape index (κ2) is 10.5. The van der Waals surface area contributed by atoms with Crippen LogP contribution in [0.5, 0.6) is 0 Å². The first-order valence-corrected chi connectivity index (χ1v) is 12.8. The molecule has 2 aromatic rings. The minimum atomic E-state index is -3.92. The van der Waals surface area contributed by atoms with Crippen molar-refractivity contribution < 1.29 is 17.6 Å². The highest BCUT2D eigenvalue weighted by atomic mass is 32.2. The highest BCUT2D eigenvalue weighted by molar-refractivity contribution is 7.89. The molecule has 1 atom stereocenters. The van der Waals surface area contributed by atoms with E-state index in [-0.39, 0.29) is 36.0 Å².